The Balaban J connectivity index is 1.32. The van der Waals surface area contributed by atoms with Gasteiger partial charge in [0.1, 0.15) is 5.82 Å². The van der Waals surface area contributed by atoms with Crippen LogP contribution in [0, 0.1) is 6.92 Å². The lowest BCUT2D eigenvalue weighted by Gasteiger charge is -2.10. The van der Waals surface area contributed by atoms with Gasteiger partial charge in [-0.1, -0.05) is 18.2 Å². The van der Waals surface area contributed by atoms with Gasteiger partial charge in [-0.3, -0.25) is 4.40 Å². The van der Waals surface area contributed by atoms with Gasteiger partial charge in [-0.2, -0.15) is 0 Å². The first-order valence-electron chi connectivity index (χ1n) is 9.76. The van der Waals surface area contributed by atoms with Crippen molar-refractivity contribution in [3.05, 3.63) is 82.9 Å². The number of aryl methyl sites for hydroxylation is 2. The lowest BCUT2D eigenvalue weighted by molar-refractivity contribution is 0.252. The second-order valence-electron chi connectivity index (χ2n) is 6.97. The number of nitrogens with zero attached hydrogens (tertiary/aromatic N) is 5. The Labute approximate surface area is 173 Å². The van der Waals surface area contributed by atoms with Crippen LogP contribution in [0.15, 0.2) is 65.8 Å². The van der Waals surface area contributed by atoms with E-state index in [0.717, 1.165) is 24.4 Å². The molecule has 0 unspecified atom stereocenters. The van der Waals surface area contributed by atoms with E-state index in [1.165, 1.54) is 9.08 Å². The van der Waals surface area contributed by atoms with E-state index in [0.29, 0.717) is 24.4 Å². The number of hydrogen-bond donors (Lipinski definition) is 2. The van der Waals surface area contributed by atoms with Crippen LogP contribution in [-0.2, 0) is 13.1 Å². The van der Waals surface area contributed by atoms with Gasteiger partial charge in [0.25, 0.3) is 0 Å². The molecule has 30 heavy (non-hydrogen) atoms. The fourth-order valence-corrected chi connectivity index (χ4v) is 3.26. The van der Waals surface area contributed by atoms with Crippen molar-refractivity contribution in [1.29, 1.82) is 0 Å². The molecule has 0 saturated carbocycles. The van der Waals surface area contributed by atoms with Crippen molar-refractivity contribution in [2.24, 2.45) is 0 Å². The van der Waals surface area contributed by atoms with Crippen LogP contribution in [0.25, 0.3) is 5.65 Å². The highest BCUT2D eigenvalue weighted by atomic mass is 16.2. The monoisotopic (exact) mass is 405 g/mol. The summed E-state index contributed by atoms with van der Waals surface area (Å²) in [6, 6.07) is 12.5. The van der Waals surface area contributed by atoms with E-state index < -0.39 is 0 Å². The highest BCUT2D eigenvalue weighted by molar-refractivity contribution is 5.89. The molecule has 0 saturated heterocycles. The average Bonchev–Trinajstić information content (AvgIpc) is 3.29. The van der Waals surface area contributed by atoms with Crippen LogP contribution in [-0.4, -0.2) is 36.3 Å². The third-order valence-corrected chi connectivity index (χ3v) is 4.79. The summed E-state index contributed by atoms with van der Waals surface area (Å²) in [4.78, 5) is 28.8. The number of carbonyl (C=O) groups excluding carboxylic acids is 1. The van der Waals surface area contributed by atoms with Crippen molar-refractivity contribution in [2.75, 3.05) is 11.9 Å². The van der Waals surface area contributed by atoms with Crippen LogP contribution in [0.4, 0.5) is 10.5 Å². The number of urea groups is 1. The minimum absolute atomic E-state index is 0.199. The van der Waals surface area contributed by atoms with Gasteiger partial charge < -0.3 is 15.2 Å². The molecule has 154 valence electrons. The van der Waals surface area contributed by atoms with Gasteiger partial charge in [0.05, 0.1) is 6.54 Å². The highest BCUT2D eigenvalue weighted by Crippen LogP contribution is 2.11. The highest BCUT2D eigenvalue weighted by Gasteiger charge is 2.08. The molecule has 4 rings (SSSR count). The van der Waals surface area contributed by atoms with Crippen LogP contribution in [0.2, 0.25) is 0 Å². The average molecular weight is 405 g/mol. The third-order valence-electron chi connectivity index (χ3n) is 4.79. The van der Waals surface area contributed by atoms with E-state index in [-0.39, 0.29) is 11.7 Å². The van der Waals surface area contributed by atoms with Crippen molar-refractivity contribution < 1.29 is 4.79 Å². The fourth-order valence-electron chi connectivity index (χ4n) is 3.26. The largest absolute Gasteiger partial charge is 0.350 e. The normalized spacial score (nSPS) is 11.0. The van der Waals surface area contributed by atoms with Gasteiger partial charge in [-0.25, -0.2) is 19.3 Å². The van der Waals surface area contributed by atoms with Crippen molar-refractivity contribution >= 4 is 17.4 Å². The van der Waals surface area contributed by atoms with Gasteiger partial charge in [0, 0.05) is 37.4 Å². The predicted octanol–water partition coefficient (Wildman–Crippen LogP) is 2.26. The number of anilines is 1. The summed E-state index contributed by atoms with van der Waals surface area (Å²) in [5.41, 5.74) is 1.93. The topological polar surface area (TPSA) is 98.2 Å². The number of carbonyl (C=O) groups is 1. The maximum absolute atomic E-state index is 12.4. The Morgan fingerprint density at radius 3 is 2.83 bits per heavy atom. The number of nitrogens with one attached hydrogen (secondary N) is 2. The zero-order chi connectivity index (χ0) is 20.9. The number of aromatic nitrogens is 5. The van der Waals surface area contributed by atoms with Gasteiger partial charge >= 0.3 is 11.7 Å². The van der Waals surface area contributed by atoms with E-state index >= 15 is 0 Å². The number of benzene rings is 1. The second-order valence-corrected chi connectivity index (χ2v) is 6.97. The lowest BCUT2D eigenvalue weighted by Crippen LogP contribution is -2.30. The molecule has 2 N–H and O–H groups in total. The Morgan fingerprint density at radius 2 is 2.03 bits per heavy atom. The number of hydrogen-bond acceptors (Lipinski definition) is 4. The molecule has 0 bridgehead atoms. The summed E-state index contributed by atoms with van der Waals surface area (Å²) >= 11 is 0. The van der Waals surface area contributed by atoms with Crippen LogP contribution in [0.1, 0.15) is 17.8 Å². The van der Waals surface area contributed by atoms with Crippen LogP contribution < -0.4 is 16.3 Å². The minimum Gasteiger partial charge on any atom is -0.338 e. The summed E-state index contributed by atoms with van der Waals surface area (Å²) in [6.45, 7) is 3.63. The quantitative estimate of drug-likeness (QED) is 0.461. The molecule has 0 radical (unpaired) electrons. The molecule has 3 heterocycles. The molecule has 0 aliphatic carbocycles. The van der Waals surface area contributed by atoms with E-state index in [4.69, 9.17) is 0 Å². The van der Waals surface area contributed by atoms with Crippen molar-refractivity contribution in [2.45, 2.75) is 26.4 Å². The fraction of sp³-hybridized carbons (Fsp3) is 0.238. The summed E-state index contributed by atoms with van der Waals surface area (Å²) in [5.74, 6) is 0.959. The summed E-state index contributed by atoms with van der Waals surface area (Å²) in [6.07, 6.45) is 6.19. The maximum Gasteiger partial charge on any atom is 0.350 e. The molecular formula is C21H23N7O2. The first-order chi connectivity index (χ1) is 14.6. The first kappa shape index (κ1) is 19.4. The minimum atomic E-state index is -0.264. The number of pyridine rings is 1. The first-order valence-corrected chi connectivity index (χ1v) is 9.76. The standard InChI is InChI=1S/C21H23N7O2/c1-16-22-10-13-26(16)11-5-9-23-20(29)24-18-7-4-6-17(14-18)15-28-21(30)27-12-3-2-8-19(27)25-28/h2-4,6-8,10,12-14H,5,9,11,15H2,1H3,(H2,23,24,29). The molecule has 0 aliphatic heterocycles. The third kappa shape index (κ3) is 4.40. The Bertz CT molecular complexity index is 1220. The number of amides is 2. The molecule has 0 fully saturated rings. The molecule has 0 atom stereocenters. The number of fused-ring (bicyclic) bond motifs is 1. The second kappa shape index (κ2) is 8.64. The Kier molecular flexibility index (Phi) is 5.60. The molecule has 4 aromatic rings. The molecular weight excluding hydrogens is 382 g/mol. The number of imidazole rings is 1. The molecule has 3 aromatic heterocycles. The van der Waals surface area contributed by atoms with Gasteiger partial charge in [-0.05, 0) is 43.2 Å². The maximum atomic E-state index is 12.4. The molecule has 1 aromatic carbocycles. The zero-order valence-corrected chi connectivity index (χ0v) is 16.7. The van der Waals surface area contributed by atoms with Crippen molar-refractivity contribution in [3.63, 3.8) is 0 Å². The van der Waals surface area contributed by atoms with Gasteiger partial charge in [0.2, 0.25) is 0 Å². The van der Waals surface area contributed by atoms with E-state index in [1.807, 2.05) is 48.0 Å². The molecule has 0 aliphatic rings. The molecule has 0 spiro atoms. The van der Waals surface area contributed by atoms with E-state index in [9.17, 15) is 9.59 Å². The zero-order valence-electron chi connectivity index (χ0n) is 16.7. The molecule has 9 nitrogen and oxygen atoms in total. The van der Waals surface area contributed by atoms with Crippen LogP contribution in [0.5, 0.6) is 0 Å². The number of rotatable bonds is 7. The summed E-state index contributed by atoms with van der Waals surface area (Å²) in [5, 5.41) is 10.0. The SMILES string of the molecule is Cc1nccn1CCCNC(=O)Nc1cccc(Cn2nc3ccccn3c2=O)c1. The van der Waals surface area contributed by atoms with Crippen LogP contribution >= 0.6 is 0 Å². The van der Waals surface area contributed by atoms with Crippen molar-refractivity contribution in [1.82, 2.24) is 29.0 Å². The van der Waals surface area contributed by atoms with E-state index in [2.05, 4.69) is 20.7 Å². The molecule has 2 amide bonds. The van der Waals surface area contributed by atoms with Crippen LogP contribution in [0.3, 0.4) is 0 Å². The molecule has 9 heteroatoms. The summed E-state index contributed by atoms with van der Waals surface area (Å²) in [7, 11) is 0. The van der Waals surface area contributed by atoms with Gasteiger partial charge in [0.15, 0.2) is 5.65 Å². The summed E-state index contributed by atoms with van der Waals surface area (Å²) < 4.78 is 4.96. The Hall–Kier alpha value is -3.88. The lowest BCUT2D eigenvalue weighted by atomic mass is 10.2. The predicted molar refractivity (Wildman–Crippen MR) is 114 cm³/mol. The van der Waals surface area contributed by atoms with Gasteiger partial charge in [-0.15, -0.1) is 5.10 Å². The van der Waals surface area contributed by atoms with Crippen molar-refractivity contribution in [3.8, 4) is 0 Å². The van der Waals surface area contributed by atoms with E-state index in [1.54, 1.807) is 24.5 Å². The smallest absolute Gasteiger partial charge is 0.338 e. The Morgan fingerprint density at radius 1 is 1.13 bits per heavy atom.